The number of aromatic hydroxyl groups is 2. The van der Waals surface area contributed by atoms with Gasteiger partial charge in [-0.05, 0) is 47.4 Å². The molecule has 0 aliphatic carbocycles. The third kappa shape index (κ3) is 2.72. The Hall–Kier alpha value is -2.51. The minimum atomic E-state index is -0.244. The van der Waals surface area contributed by atoms with E-state index in [-0.39, 0.29) is 16.5 Å². The Kier molecular flexibility index (Phi) is 4.46. The van der Waals surface area contributed by atoms with E-state index in [4.69, 9.17) is 21.1 Å². The zero-order valence-corrected chi connectivity index (χ0v) is 14.4. The Morgan fingerprint density at radius 1 is 1.04 bits per heavy atom. The molecule has 0 fully saturated rings. The van der Waals surface area contributed by atoms with E-state index >= 15 is 0 Å². The lowest BCUT2D eigenvalue weighted by Crippen LogP contribution is -1.91. The molecule has 0 saturated carbocycles. The molecule has 0 saturated heterocycles. The molecule has 1 aromatic heterocycles. The summed E-state index contributed by atoms with van der Waals surface area (Å²) in [5.74, 6) is 0.734. The van der Waals surface area contributed by atoms with Gasteiger partial charge in [-0.2, -0.15) is 0 Å². The third-order valence-electron chi connectivity index (χ3n) is 3.48. The maximum Gasteiger partial charge on any atom is 0.161 e. The number of hydrogen-bond acceptors (Lipinski definition) is 7. The van der Waals surface area contributed by atoms with Crippen molar-refractivity contribution in [1.82, 2.24) is 9.59 Å². The van der Waals surface area contributed by atoms with Gasteiger partial charge in [0.25, 0.3) is 0 Å². The fourth-order valence-corrected chi connectivity index (χ4v) is 3.12. The van der Waals surface area contributed by atoms with Crippen molar-refractivity contribution in [1.29, 1.82) is 0 Å². The molecular weight excluding hydrogens is 352 g/mol. The monoisotopic (exact) mass is 364 g/mol. The highest BCUT2D eigenvalue weighted by atomic mass is 35.5. The zero-order chi connectivity index (χ0) is 17.3. The van der Waals surface area contributed by atoms with Crippen LogP contribution in [-0.2, 0) is 0 Å². The van der Waals surface area contributed by atoms with Gasteiger partial charge >= 0.3 is 0 Å². The Labute approximate surface area is 147 Å². The van der Waals surface area contributed by atoms with Crippen molar-refractivity contribution >= 4 is 23.1 Å². The highest BCUT2D eigenvalue weighted by Gasteiger charge is 2.20. The standard InChI is InChI=1S/C16H13ClN2O4S/c1-22-11-6-3-8(7-12(11)23-2)16-14(18-19-24-16)9-4-5-10(20)13(17)15(9)21/h3-7,20-21H,1-2H3. The summed E-state index contributed by atoms with van der Waals surface area (Å²) >= 11 is 7.08. The second-order valence-electron chi connectivity index (χ2n) is 4.82. The maximum absolute atomic E-state index is 10.2. The second kappa shape index (κ2) is 6.54. The van der Waals surface area contributed by atoms with E-state index in [1.54, 1.807) is 26.4 Å². The summed E-state index contributed by atoms with van der Waals surface area (Å²) < 4.78 is 14.5. The number of phenols is 2. The number of phenolic OH excluding ortho intramolecular Hbond substituents is 2. The van der Waals surface area contributed by atoms with Crippen molar-refractivity contribution in [3.05, 3.63) is 35.4 Å². The number of halogens is 1. The average molecular weight is 365 g/mol. The molecule has 0 aliphatic rings. The van der Waals surface area contributed by atoms with Gasteiger partial charge < -0.3 is 19.7 Å². The van der Waals surface area contributed by atoms with Gasteiger partial charge in [-0.1, -0.05) is 16.1 Å². The SMILES string of the molecule is COc1ccc(-c2snnc2-c2ccc(O)c(Cl)c2O)cc1OC. The summed E-state index contributed by atoms with van der Waals surface area (Å²) in [6, 6.07) is 8.36. The van der Waals surface area contributed by atoms with Crippen LogP contribution in [0.2, 0.25) is 5.02 Å². The third-order valence-corrected chi connectivity index (χ3v) is 4.63. The molecule has 6 nitrogen and oxygen atoms in total. The van der Waals surface area contributed by atoms with Gasteiger partial charge in [-0.3, -0.25) is 0 Å². The molecule has 1 heterocycles. The zero-order valence-electron chi connectivity index (χ0n) is 12.8. The summed E-state index contributed by atoms with van der Waals surface area (Å²) in [5.41, 5.74) is 1.66. The summed E-state index contributed by atoms with van der Waals surface area (Å²) in [7, 11) is 3.12. The summed E-state index contributed by atoms with van der Waals surface area (Å²) in [6.45, 7) is 0. The predicted octanol–water partition coefficient (Wildman–Crippen LogP) is 3.95. The van der Waals surface area contributed by atoms with Crippen molar-refractivity contribution in [3.63, 3.8) is 0 Å². The van der Waals surface area contributed by atoms with Crippen LogP contribution >= 0.6 is 23.1 Å². The van der Waals surface area contributed by atoms with Crippen LogP contribution in [0.4, 0.5) is 0 Å². The molecule has 0 bridgehead atoms. The Balaban J connectivity index is 2.14. The number of methoxy groups -OCH3 is 2. The van der Waals surface area contributed by atoms with E-state index in [0.717, 1.165) is 10.4 Å². The van der Waals surface area contributed by atoms with Gasteiger partial charge in [0.05, 0.1) is 19.1 Å². The van der Waals surface area contributed by atoms with E-state index in [2.05, 4.69) is 9.59 Å². The quantitative estimate of drug-likeness (QED) is 0.729. The van der Waals surface area contributed by atoms with Crippen LogP contribution < -0.4 is 9.47 Å². The molecule has 124 valence electrons. The van der Waals surface area contributed by atoms with E-state index in [0.29, 0.717) is 22.8 Å². The minimum Gasteiger partial charge on any atom is -0.506 e. The van der Waals surface area contributed by atoms with Gasteiger partial charge in [0.2, 0.25) is 0 Å². The molecule has 24 heavy (non-hydrogen) atoms. The second-order valence-corrected chi connectivity index (χ2v) is 5.95. The molecule has 0 aliphatic heterocycles. The number of hydrogen-bond donors (Lipinski definition) is 2. The molecule has 0 unspecified atom stereocenters. The lowest BCUT2D eigenvalue weighted by molar-refractivity contribution is 0.355. The van der Waals surface area contributed by atoms with E-state index < -0.39 is 0 Å². The molecule has 3 aromatic rings. The van der Waals surface area contributed by atoms with Crippen molar-refractivity contribution in [3.8, 4) is 44.7 Å². The number of rotatable bonds is 4. The fourth-order valence-electron chi connectivity index (χ4n) is 2.28. The van der Waals surface area contributed by atoms with E-state index in [1.807, 2.05) is 6.07 Å². The molecule has 0 atom stereocenters. The van der Waals surface area contributed by atoms with Crippen LogP contribution in [0.15, 0.2) is 30.3 Å². The summed E-state index contributed by atoms with van der Waals surface area (Å²) in [6.07, 6.45) is 0. The average Bonchev–Trinajstić information content (AvgIpc) is 3.08. The highest BCUT2D eigenvalue weighted by molar-refractivity contribution is 7.09. The van der Waals surface area contributed by atoms with E-state index in [9.17, 15) is 10.2 Å². The predicted molar refractivity (Wildman–Crippen MR) is 92.2 cm³/mol. The molecule has 0 radical (unpaired) electrons. The first-order valence-corrected chi connectivity index (χ1v) is 7.97. The number of aromatic nitrogens is 2. The lowest BCUT2D eigenvalue weighted by Gasteiger charge is -2.10. The van der Waals surface area contributed by atoms with Crippen LogP contribution in [0.25, 0.3) is 21.7 Å². The van der Waals surface area contributed by atoms with Crippen LogP contribution in [-0.4, -0.2) is 34.0 Å². The van der Waals surface area contributed by atoms with Crippen molar-refractivity contribution in [2.45, 2.75) is 0 Å². The molecule has 2 N–H and O–H groups in total. The van der Waals surface area contributed by atoms with Crippen molar-refractivity contribution in [2.75, 3.05) is 14.2 Å². The van der Waals surface area contributed by atoms with Gasteiger partial charge in [-0.15, -0.1) is 5.10 Å². The van der Waals surface area contributed by atoms with E-state index in [1.165, 1.54) is 23.7 Å². The van der Waals surface area contributed by atoms with Gasteiger partial charge in [-0.25, -0.2) is 0 Å². The molecule has 8 heteroatoms. The summed E-state index contributed by atoms with van der Waals surface area (Å²) in [4.78, 5) is 0.730. The lowest BCUT2D eigenvalue weighted by atomic mass is 10.1. The van der Waals surface area contributed by atoms with Crippen LogP contribution in [0.5, 0.6) is 23.0 Å². The number of benzene rings is 2. The molecule has 2 aromatic carbocycles. The first-order valence-electron chi connectivity index (χ1n) is 6.82. The van der Waals surface area contributed by atoms with Gasteiger partial charge in [0.1, 0.15) is 22.2 Å². The Morgan fingerprint density at radius 3 is 2.50 bits per heavy atom. The molecule has 3 rings (SSSR count). The first kappa shape index (κ1) is 16.4. The van der Waals surface area contributed by atoms with Crippen LogP contribution in [0.3, 0.4) is 0 Å². The topological polar surface area (TPSA) is 84.7 Å². The first-order chi connectivity index (χ1) is 11.6. The highest BCUT2D eigenvalue weighted by Crippen LogP contribution is 2.44. The van der Waals surface area contributed by atoms with Crippen molar-refractivity contribution in [2.24, 2.45) is 0 Å². The molecule has 0 amide bonds. The van der Waals surface area contributed by atoms with Crippen molar-refractivity contribution < 1.29 is 19.7 Å². The Morgan fingerprint density at radius 2 is 1.79 bits per heavy atom. The minimum absolute atomic E-state index is 0.126. The van der Waals surface area contributed by atoms with Gasteiger partial charge in [0, 0.05) is 5.56 Å². The maximum atomic E-state index is 10.2. The van der Waals surface area contributed by atoms with Crippen LogP contribution in [0, 0.1) is 0 Å². The van der Waals surface area contributed by atoms with Gasteiger partial charge in [0.15, 0.2) is 11.5 Å². The normalized spacial score (nSPS) is 10.6. The summed E-state index contributed by atoms with van der Waals surface area (Å²) in [5, 5.41) is 23.7. The fraction of sp³-hybridized carbons (Fsp3) is 0.125. The number of ether oxygens (including phenoxy) is 2. The number of nitrogens with zero attached hydrogens (tertiary/aromatic N) is 2. The largest absolute Gasteiger partial charge is 0.506 e. The smallest absolute Gasteiger partial charge is 0.161 e. The van der Waals surface area contributed by atoms with Crippen LogP contribution in [0.1, 0.15) is 0 Å². The molecule has 0 spiro atoms. The Bertz CT molecular complexity index is 898. The molecular formula is C16H13ClN2O4S.